The number of aromatic nitrogens is 2. The van der Waals surface area contributed by atoms with Gasteiger partial charge in [-0.25, -0.2) is 9.78 Å². The molecule has 0 bridgehead atoms. The van der Waals surface area contributed by atoms with E-state index in [1.165, 1.54) is 6.07 Å². The second-order valence-electron chi connectivity index (χ2n) is 7.08. The lowest BCUT2D eigenvalue weighted by Crippen LogP contribution is -2.32. The lowest BCUT2D eigenvalue weighted by molar-refractivity contribution is -0.384. The molecule has 1 unspecified atom stereocenters. The number of aromatic amines is 1. The number of carbonyl (C=O) groups is 2. The number of H-pyrrole nitrogens is 1. The maximum atomic E-state index is 12.9. The van der Waals surface area contributed by atoms with Gasteiger partial charge in [-0.05, 0) is 31.0 Å². The normalized spacial score (nSPS) is 12.0. The highest BCUT2D eigenvalue weighted by atomic mass is 16.6. The minimum absolute atomic E-state index is 0.00554. The van der Waals surface area contributed by atoms with Crippen LogP contribution < -0.4 is 5.32 Å². The number of fused-ring (bicyclic) bond motifs is 1. The number of carbonyl (C=O) groups excluding carboxylic acids is 2. The molecule has 0 aliphatic heterocycles. The zero-order valence-electron chi connectivity index (χ0n) is 16.8. The Balaban J connectivity index is 1.93. The van der Waals surface area contributed by atoms with Gasteiger partial charge in [0.1, 0.15) is 5.82 Å². The van der Waals surface area contributed by atoms with E-state index >= 15 is 0 Å². The van der Waals surface area contributed by atoms with E-state index in [0.717, 1.165) is 23.2 Å². The number of nitrogens with one attached hydrogen (secondary N) is 2. The molecule has 0 radical (unpaired) electrons. The number of para-hydroxylation sites is 2. The molecule has 1 atom stereocenters. The molecular formula is C21H22N4O5. The summed E-state index contributed by atoms with van der Waals surface area (Å²) in [6.45, 7) is 5.60. The van der Waals surface area contributed by atoms with Crippen LogP contribution in [0.2, 0.25) is 0 Å². The highest BCUT2D eigenvalue weighted by molar-refractivity contribution is 5.99. The maximum Gasteiger partial charge on any atom is 0.338 e. The summed E-state index contributed by atoms with van der Waals surface area (Å²) in [6, 6.07) is 10.6. The second-order valence-corrected chi connectivity index (χ2v) is 7.08. The first-order valence-corrected chi connectivity index (χ1v) is 9.52. The summed E-state index contributed by atoms with van der Waals surface area (Å²) >= 11 is 0. The van der Waals surface area contributed by atoms with Crippen LogP contribution >= 0.6 is 0 Å². The molecule has 0 aliphatic carbocycles. The van der Waals surface area contributed by atoms with E-state index in [4.69, 9.17) is 4.74 Å². The van der Waals surface area contributed by atoms with Gasteiger partial charge < -0.3 is 15.0 Å². The van der Waals surface area contributed by atoms with Crippen molar-refractivity contribution in [1.29, 1.82) is 0 Å². The fourth-order valence-electron chi connectivity index (χ4n) is 3.08. The standard InChI is InChI=1S/C21H22N4O5/c1-4-30-21(27)14-9-13(10-15(11-14)25(28)29)20(26)24-18(12(2)3)19-22-16-7-5-6-8-17(16)23-19/h5-12,18H,4H2,1-3H3,(H,22,23)(H,24,26). The number of ether oxygens (including phenoxy) is 1. The van der Waals surface area contributed by atoms with Gasteiger partial charge in [-0.2, -0.15) is 0 Å². The molecule has 2 aromatic carbocycles. The van der Waals surface area contributed by atoms with E-state index < -0.39 is 22.8 Å². The van der Waals surface area contributed by atoms with Gasteiger partial charge in [0, 0.05) is 17.7 Å². The van der Waals surface area contributed by atoms with Crippen LogP contribution in [0.1, 0.15) is 53.4 Å². The lowest BCUT2D eigenvalue weighted by Gasteiger charge is -2.20. The molecule has 2 N–H and O–H groups in total. The lowest BCUT2D eigenvalue weighted by atomic mass is 10.0. The second kappa shape index (κ2) is 8.73. The van der Waals surface area contributed by atoms with E-state index in [1.807, 2.05) is 38.1 Å². The Morgan fingerprint density at radius 3 is 2.53 bits per heavy atom. The van der Waals surface area contributed by atoms with E-state index in [1.54, 1.807) is 6.92 Å². The number of nitrogens with zero attached hydrogens (tertiary/aromatic N) is 2. The third-order valence-corrected chi connectivity index (χ3v) is 4.56. The number of esters is 1. The summed E-state index contributed by atoms with van der Waals surface area (Å²) in [5, 5.41) is 14.1. The van der Waals surface area contributed by atoms with Crippen LogP contribution in [0.3, 0.4) is 0 Å². The number of nitro groups is 1. The first-order valence-electron chi connectivity index (χ1n) is 9.52. The summed E-state index contributed by atoms with van der Waals surface area (Å²) < 4.78 is 4.91. The first kappa shape index (κ1) is 21.0. The Morgan fingerprint density at radius 2 is 1.90 bits per heavy atom. The molecule has 156 valence electrons. The van der Waals surface area contributed by atoms with Gasteiger partial charge >= 0.3 is 5.97 Å². The highest BCUT2D eigenvalue weighted by Crippen LogP contribution is 2.24. The van der Waals surface area contributed by atoms with Crippen molar-refractivity contribution < 1.29 is 19.2 Å². The van der Waals surface area contributed by atoms with Crippen molar-refractivity contribution in [2.45, 2.75) is 26.8 Å². The number of nitro benzene ring substituents is 1. The Morgan fingerprint density at radius 1 is 1.20 bits per heavy atom. The van der Waals surface area contributed by atoms with Gasteiger partial charge in [-0.15, -0.1) is 0 Å². The van der Waals surface area contributed by atoms with Crippen LogP contribution in [-0.4, -0.2) is 33.4 Å². The number of hydrogen-bond donors (Lipinski definition) is 2. The van der Waals surface area contributed by atoms with Crippen molar-refractivity contribution in [2.75, 3.05) is 6.61 Å². The summed E-state index contributed by atoms with van der Waals surface area (Å²) in [6.07, 6.45) is 0. The van der Waals surface area contributed by atoms with Crippen molar-refractivity contribution in [3.8, 4) is 0 Å². The van der Waals surface area contributed by atoms with E-state index in [2.05, 4.69) is 15.3 Å². The zero-order valence-corrected chi connectivity index (χ0v) is 16.8. The number of hydrogen-bond acceptors (Lipinski definition) is 6. The molecule has 1 aromatic heterocycles. The molecule has 0 saturated heterocycles. The number of benzene rings is 2. The third kappa shape index (κ3) is 4.45. The first-order chi connectivity index (χ1) is 14.3. The Hall–Kier alpha value is -3.75. The predicted octanol–water partition coefficient (Wildman–Crippen LogP) is 3.77. The summed E-state index contributed by atoms with van der Waals surface area (Å²) in [5.74, 6) is -0.718. The fourth-order valence-corrected chi connectivity index (χ4v) is 3.08. The minimum atomic E-state index is -0.729. The molecule has 0 aliphatic rings. The van der Waals surface area contributed by atoms with Gasteiger partial charge in [0.05, 0.1) is 34.2 Å². The fraction of sp³-hybridized carbons (Fsp3) is 0.286. The number of non-ortho nitro benzene ring substituents is 1. The average molecular weight is 410 g/mol. The van der Waals surface area contributed by atoms with Crippen molar-refractivity contribution >= 4 is 28.6 Å². The number of amides is 1. The monoisotopic (exact) mass is 410 g/mol. The summed E-state index contributed by atoms with van der Waals surface area (Å²) in [7, 11) is 0. The molecule has 3 aromatic rings. The Labute approximate surface area is 172 Å². The van der Waals surface area contributed by atoms with E-state index in [9.17, 15) is 19.7 Å². The van der Waals surface area contributed by atoms with Gasteiger partial charge in [0.15, 0.2) is 0 Å². The SMILES string of the molecule is CCOC(=O)c1cc(C(=O)NC(c2nc3ccccc3[nH]2)C(C)C)cc([N+](=O)[O-])c1. The van der Waals surface area contributed by atoms with Gasteiger partial charge in [0.25, 0.3) is 11.6 Å². The molecule has 0 fully saturated rings. The minimum Gasteiger partial charge on any atom is -0.462 e. The van der Waals surface area contributed by atoms with Crippen LogP contribution in [-0.2, 0) is 4.74 Å². The molecule has 0 saturated carbocycles. The largest absolute Gasteiger partial charge is 0.462 e. The predicted molar refractivity (Wildman–Crippen MR) is 110 cm³/mol. The van der Waals surface area contributed by atoms with Gasteiger partial charge in [-0.3, -0.25) is 14.9 Å². The molecule has 9 heteroatoms. The van der Waals surface area contributed by atoms with Crippen molar-refractivity contribution in [3.05, 3.63) is 69.5 Å². The Bertz CT molecular complexity index is 1070. The molecule has 9 nitrogen and oxygen atoms in total. The maximum absolute atomic E-state index is 12.9. The van der Waals surface area contributed by atoms with Crippen LogP contribution in [0, 0.1) is 16.0 Å². The molecule has 1 heterocycles. The average Bonchev–Trinajstić information content (AvgIpc) is 3.15. The summed E-state index contributed by atoms with van der Waals surface area (Å²) in [4.78, 5) is 43.3. The van der Waals surface area contributed by atoms with Crippen LogP contribution in [0.15, 0.2) is 42.5 Å². The zero-order chi connectivity index (χ0) is 21.8. The number of rotatable bonds is 7. The van der Waals surface area contributed by atoms with Crippen LogP contribution in [0.5, 0.6) is 0 Å². The highest BCUT2D eigenvalue weighted by Gasteiger charge is 2.25. The van der Waals surface area contributed by atoms with Gasteiger partial charge in [-0.1, -0.05) is 26.0 Å². The van der Waals surface area contributed by atoms with Crippen LogP contribution in [0.25, 0.3) is 11.0 Å². The summed E-state index contributed by atoms with van der Waals surface area (Å²) in [5.41, 5.74) is 1.19. The smallest absolute Gasteiger partial charge is 0.338 e. The topological polar surface area (TPSA) is 127 Å². The van der Waals surface area contributed by atoms with Crippen LogP contribution in [0.4, 0.5) is 5.69 Å². The quantitative estimate of drug-likeness (QED) is 0.347. The van der Waals surface area contributed by atoms with Crippen molar-refractivity contribution in [2.24, 2.45) is 5.92 Å². The molecule has 3 rings (SSSR count). The van der Waals surface area contributed by atoms with E-state index in [-0.39, 0.29) is 29.3 Å². The molecule has 30 heavy (non-hydrogen) atoms. The molecule has 0 spiro atoms. The molecule has 1 amide bonds. The third-order valence-electron chi connectivity index (χ3n) is 4.56. The van der Waals surface area contributed by atoms with Crippen molar-refractivity contribution in [1.82, 2.24) is 15.3 Å². The number of imidazole rings is 1. The van der Waals surface area contributed by atoms with Crippen molar-refractivity contribution in [3.63, 3.8) is 0 Å². The van der Waals surface area contributed by atoms with E-state index in [0.29, 0.717) is 5.82 Å². The van der Waals surface area contributed by atoms with Gasteiger partial charge in [0.2, 0.25) is 0 Å². The molecular weight excluding hydrogens is 388 g/mol. The Kier molecular flexibility index (Phi) is 6.10.